The summed E-state index contributed by atoms with van der Waals surface area (Å²) in [6.45, 7) is 0.202. The summed E-state index contributed by atoms with van der Waals surface area (Å²) in [4.78, 5) is 18.3. The molecule has 6 aromatic rings. The van der Waals surface area contributed by atoms with Crippen LogP contribution in [-0.2, 0) is 6.61 Å². The summed E-state index contributed by atoms with van der Waals surface area (Å²) in [6.07, 6.45) is 1.49. The highest BCUT2D eigenvalue weighted by Gasteiger charge is 2.17. The lowest BCUT2D eigenvalue weighted by Crippen LogP contribution is -2.20. The lowest BCUT2D eigenvalue weighted by atomic mass is 10.2. The lowest BCUT2D eigenvalue weighted by Gasteiger charge is -2.14. The van der Waals surface area contributed by atoms with E-state index in [9.17, 15) is 4.79 Å². The van der Waals surface area contributed by atoms with Gasteiger partial charge in [0.25, 0.3) is 5.56 Å². The molecule has 4 aromatic carbocycles. The predicted octanol–water partition coefficient (Wildman–Crippen LogP) is 8.24. The molecule has 2 aromatic heterocycles. The van der Waals surface area contributed by atoms with Gasteiger partial charge in [0.05, 0.1) is 29.2 Å². The van der Waals surface area contributed by atoms with Crippen LogP contribution in [0.3, 0.4) is 0 Å². The molecule has 0 saturated carbocycles. The Kier molecular flexibility index (Phi) is 7.41. The molecule has 0 spiro atoms. The Morgan fingerprint density at radius 3 is 2.59 bits per heavy atom. The van der Waals surface area contributed by atoms with Crippen molar-refractivity contribution in [2.24, 2.45) is 5.10 Å². The van der Waals surface area contributed by atoms with Crippen LogP contribution >= 0.6 is 34.8 Å². The third-order valence-corrected chi connectivity index (χ3v) is 7.24. The largest absolute Gasteiger partial charge is 0.493 e. The van der Waals surface area contributed by atoms with Crippen LogP contribution in [0.2, 0.25) is 15.1 Å². The molecule has 10 heteroatoms. The smallest absolute Gasteiger partial charge is 0.282 e. The monoisotopic (exact) mass is 603 g/mol. The van der Waals surface area contributed by atoms with E-state index in [4.69, 9.17) is 53.7 Å². The standard InChI is InChI=1S/C31H20Cl3N3O4/c1-39-27-13-18(12-24(34)29(27)40-17-19-6-2-4-8-23(19)33)16-35-37-30(36-25-9-5-3-7-22(25)31(37)38)28-15-20-14-21(32)10-11-26(20)41-28/h2-16H,17H2,1H3. The highest BCUT2D eigenvalue weighted by Crippen LogP contribution is 2.37. The molecule has 6 rings (SSSR count). The number of hydrogen-bond donors (Lipinski definition) is 0. The first-order valence-electron chi connectivity index (χ1n) is 12.4. The third kappa shape index (κ3) is 5.39. The molecule has 7 nitrogen and oxygen atoms in total. The first kappa shape index (κ1) is 26.9. The Balaban J connectivity index is 1.40. The van der Waals surface area contributed by atoms with E-state index in [1.807, 2.05) is 24.3 Å². The number of benzene rings is 4. The molecule has 204 valence electrons. The van der Waals surface area contributed by atoms with Gasteiger partial charge in [0.2, 0.25) is 5.82 Å². The minimum atomic E-state index is -0.363. The fourth-order valence-corrected chi connectivity index (χ4v) is 5.00. The van der Waals surface area contributed by atoms with Crippen molar-refractivity contribution in [3.63, 3.8) is 0 Å². The average Bonchev–Trinajstić information content (AvgIpc) is 3.39. The van der Waals surface area contributed by atoms with Crippen LogP contribution in [0.4, 0.5) is 0 Å². The van der Waals surface area contributed by atoms with Gasteiger partial charge in [-0.3, -0.25) is 4.79 Å². The summed E-state index contributed by atoms with van der Waals surface area (Å²) in [5.41, 5.74) is 2.13. The highest BCUT2D eigenvalue weighted by atomic mass is 35.5. The Morgan fingerprint density at radius 1 is 0.951 bits per heavy atom. The maximum atomic E-state index is 13.6. The molecular formula is C31H20Cl3N3O4. The first-order valence-corrected chi connectivity index (χ1v) is 13.5. The van der Waals surface area contributed by atoms with Gasteiger partial charge in [-0.15, -0.1) is 0 Å². The van der Waals surface area contributed by atoms with Crippen LogP contribution in [0.5, 0.6) is 11.5 Å². The summed E-state index contributed by atoms with van der Waals surface area (Å²) in [5.74, 6) is 1.35. The van der Waals surface area contributed by atoms with Crippen LogP contribution in [0.15, 0.2) is 99.2 Å². The molecule has 0 N–H and O–H groups in total. The van der Waals surface area contributed by atoms with Gasteiger partial charge in [0.1, 0.15) is 12.2 Å². The second-order valence-corrected chi connectivity index (χ2v) is 10.3. The number of halogens is 3. The number of aromatic nitrogens is 2. The van der Waals surface area contributed by atoms with E-state index < -0.39 is 0 Å². The van der Waals surface area contributed by atoms with Gasteiger partial charge >= 0.3 is 0 Å². The van der Waals surface area contributed by atoms with Gasteiger partial charge in [-0.25, -0.2) is 4.98 Å². The zero-order valence-electron chi connectivity index (χ0n) is 21.5. The molecule has 0 radical (unpaired) electrons. The molecule has 0 atom stereocenters. The van der Waals surface area contributed by atoms with Crippen LogP contribution in [0.1, 0.15) is 11.1 Å². The van der Waals surface area contributed by atoms with Crippen molar-refractivity contribution in [3.8, 4) is 23.1 Å². The third-order valence-electron chi connectivity index (χ3n) is 6.36. The highest BCUT2D eigenvalue weighted by molar-refractivity contribution is 6.32. The molecule has 0 amide bonds. The molecule has 0 unspecified atom stereocenters. The van der Waals surface area contributed by atoms with Crippen molar-refractivity contribution in [2.45, 2.75) is 6.61 Å². The van der Waals surface area contributed by atoms with E-state index in [2.05, 4.69) is 5.10 Å². The number of furan rings is 1. The van der Waals surface area contributed by atoms with Crippen molar-refractivity contribution in [3.05, 3.63) is 121 Å². The van der Waals surface area contributed by atoms with E-state index in [-0.39, 0.29) is 18.0 Å². The Morgan fingerprint density at radius 2 is 1.76 bits per heavy atom. The van der Waals surface area contributed by atoms with Crippen LogP contribution in [0.25, 0.3) is 33.5 Å². The Hall–Kier alpha value is -4.30. The zero-order valence-corrected chi connectivity index (χ0v) is 23.7. The second-order valence-electron chi connectivity index (χ2n) is 9.02. The topological polar surface area (TPSA) is 78.9 Å². The second kappa shape index (κ2) is 11.3. The van der Waals surface area contributed by atoms with E-state index in [1.54, 1.807) is 60.7 Å². The maximum Gasteiger partial charge on any atom is 0.282 e. The summed E-state index contributed by atoms with van der Waals surface area (Å²) in [5, 5.41) is 7.14. The number of methoxy groups -OCH3 is 1. The molecule has 2 heterocycles. The van der Waals surface area contributed by atoms with E-state index in [0.29, 0.717) is 54.4 Å². The van der Waals surface area contributed by atoms with Gasteiger partial charge in [0, 0.05) is 21.0 Å². The number of ether oxygens (including phenoxy) is 2. The molecule has 0 aliphatic carbocycles. The molecule has 0 aliphatic heterocycles. The minimum Gasteiger partial charge on any atom is -0.493 e. The van der Waals surface area contributed by atoms with Gasteiger partial charge in [0.15, 0.2) is 17.3 Å². The van der Waals surface area contributed by atoms with Gasteiger partial charge in [-0.2, -0.15) is 9.78 Å². The van der Waals surface area contributed by atoms with Crippen molar-refractivity contribution < 1.29 is 13.9 Å². The van der Waals surface area contributed by atoms with E-state index in [1.165, 1.54) is 18.0 Å². The van der Waals surface area contributed by atoms with Gasteiger partial charge in [-0.05, 0) is 60.2 Å². The number of nitrogens with zero attached hydrogens (tertiary/aromatic N) is 3. The molecule has 0 fully saturated rings. The van der Waals surface area contributed by atoms with Crippen molar-refractivity contribution in [2.75, 3.05) is 7.11 Å². The average molecular weight is 605 g/mol. The zero-order chi connectivity index (χ0) is 28.5. The van der Waals surface area contributed by atoms with Crippen molar-refractivity contribution in [1.82, 2.24) is 9.66 Å². The van der Waals surface area contributed by atoms with Gasteiger partial charge in [-0.1, -0.05) is 65.1 Å². The van der Waals surface area contributed by atoms with E-state index in [0.717, 1.165) is 10.9 Å². The van der Waals surface area contributed by atoms with Crippen molar-refractivity contribution >= 4 is 62.9 Å². The summed E-state index contributed by atoms with van der Waals surface area (Å²) >= 11 is 19.0. The molecule has 0 bridgehead atoms. The van der Waals surface area contributed by atoms with Gasteiger partial charge < -0.3 is 13.9 Å². The normalized spacial score (nSPS) is 11.5. The number of hydrogen-bond acceptors (Lipinski definition) is 6. The SMILES string of the molecule is COc1cc(C=Nn2c(-c3cc4cc(Cl)ccc4o3)nc3ccccc3c2=O)cc(Cl)c1OCc1ccccc1Cl. The molecule has 0 saturated heterocycles. The number of fused-ring (bicyclic) bond motifs is 2. The Bertz CT molecular complexity index is 2020. The minimum absolute atomic E-state index is 0.202. The summed E-state index contributed by atoms with van der Waals surface area (Å²) in [6, 6.07) is 24.8. The fourth-order valence-electron chi connectivity index (χ4n) is 4.36. The number of para-hydroxylation sites is 1. The summed E-state index contributed by atoms with van der Waals surface area (Å²) < 4.78 is 18.7. The van der Waals surface area contributed by atoms with E-state index >= 15 is 0 Å². The Labute approximate surface area is 249 Å². The fraction of sp³-hybridized carbons (Fsp3) is 0.0645. The maximum absolute atomic E-state index is 13.6. The quantitative estimate of drug-likeness (QED) is 0.172. The number of rotatable bonds is 7. The van der Waals surface area contributed by atoms with Crippen molar-refractivity contribution in [1.29, 1.82) is 0 Å². The van der Waals surface area contributed by atoms with Crippen LogP contribution < -0.4 is 15.0 Å². The van der Waals surface area contributed by atoms with Crippen LogP contribution in [0, 0.1) is 0 Å². The first-order chi connectivity index (χ1) is 19.9. The van der Waals surface area contributed by atoms with Crippen LogP contribution in [-0.4, -0.2) is 23.0 Å². The molecular weight excluding hydrogens is 585 g/mol. The summed E-state index contributed by atoms with van der Waals surface area (Å²) in [7, 11) is 1.51. The molecule has 0 aliphatic rings. The lowest BCUT2D eigenvalue weighted by molar-refractivity contribution is 0.285. The molecule has 41 heavy (non-hydrogen) atoms. The predicted molar refractivity (Wildman–Crippen MR) is 163 cm³/mol.